The number of aliphatic carboxylic acids is 1. The van der Waals surface area contributed by atoms with Gasteiger partial charge in [0.2, 0.25) is 0 Å². The molecular weight excluding hydrogens is 605 g/mol. The first kappa shape index (κ1) is 32.0. The van der Waals surface area contributed by atoms with Crippen LogP contribution in [0.25, 0.3) is 10.2 Å². The van der Waals surface area contributed by atoms with Crippen LogP contribution < -0.4 is 16.0 Å². The SMILES string of the molecule is Cc1cc(C(F)(F)F)cc2nc(NC(=O)NC(c3ccc(C(=O)NCCC(=O)O)cc3)c3ccc(C4CCCCC4)cc3)sc12. The predicted molar refractivity (Wildman–Crippen MR) is 167 cm³/mol. The number of carboxylic acids is 1. The molecule has 1 unspecified atom stereocenters. The lowest BCUT2D eigenvalue weighted by Gasteiger charge is -2.24. The predicted octanol–water partition coefficient (Wildman–Crippen LogP) is 7.79. The summed E-state index contributed by atoms with van der Waals surface area (Å²) in [6, 6.07) is 15.5. The third-order valence-electron chi connectivity index (χ3n) is 7.98. The Morgan fingerprint density at radius 2 is 1.62 bits per heavy atom. The molecule has 0 radical (unpaired) electrons. The maximum Gasteiger partial charge on any atom is 0.416 e. The van der Waals surface area contributed by atoms with Gasteiger partial charge in [-0.1, -0.05) is 67.0 Å². The van der Waals surface area contributed by atoms with Crippen LogP contribution in [0.3, 0.4) is 0 Å². The Balaban J connectivity index is 1.37. The largest absolute Gasteiger partial charge is 0.481 e. The van der Waals surface area contributed by atoms with Crippen LogP contribution in [0.1, 0.15) is 88.7 Å². The van der Waals surface area contributed by atoms with E-state index in [2.05, 4.69) is 33.1 Å². The van der Waals surface area contributed by atoms with Gasteiger partial charge in [0.05, 0.1) is 28.2 Å². The molecule has 3 amide bonds. The van der Waals surface area contributed by atoms with Gasteiger partial charge in [-0.25, -0.2) is 9.78 Å². The normalized spacial score (nSPS) is 14.6. The number of hydrogen-bond donors (Lipinski definition) is 4. The van der Waals surface area contributed by atoms with Crippen molar-refractivity contribution in [3.63, 3.8) is 0 Å². The van der Waals surface area contributed by atoms with Crippen molar-refractivity contribution < 1.29 is 32.7 Å². The van der Waals surface area contributed by atoms with E-state index in [4.69, 9.17) is 5.11 Å². The van der Waals surface area contributed by atoms with Gasteiger partial charge in [-0.05, 0) is 72.2 Å². The Bertz CT molecular complexity index is 1680. The zero-order chi connectivity index (χ0) is 32.1. The summed E-state index contributed by atoms with van der Waals surface area (Å²) in [6.07, 6.45) is 1.24. The fraction of sp³-hybridized carbons (Fsp3) is 0.333. The zero-order valence-electron chi connectivity index (χ0n) is 24.5. The number of halogens is 3. The molecule has 1 heterocycles. The van der Waals surface area contributed by atoms with Crippen molar-refractivity contribution in [1.29, 1.82) is 0 Å². The van der Waals surface area contributed by atoms with Gasteiger partial charge >= 0.3 is 18.2 Å². The number of amides is 3. The highest BCUT2D eigenvalue weighted by Gasteiger charge is 2.31. The van der Waals surface area contributed by atoms with Crippen molar-refractivity contribution in [1.82, 2.24) is 15.6 Å². The monoisotopic (exact) mass is 638 g/mol. The molecule has 0 spiro atoms. The highest BCUT2D eigenvalue weighted by Crippen LogP contribution is 2.37. The van der Waals surface area contributed by atoms with E-state index in [-0.39, 0.29) is 23.6 Å². The van der Waals surface area contributed by atoms with E-state index < -0.39 is 35.7 Å². The first-order chi connectivity index (χ1) is 21.5. The van der Waals surface area contributed by atoms with Crippen molar-refractivity contribution in [3.05, 3.63) is 94.0 Å². The molecular formula is C33H33F3N4O4S. The van der Waals surface area contributed by atoms with Gasteiger partial charge < -0.3 is 15.7 Å². The van der Waals surface area contributed by atoms with Crippen LogP contribution in [0.2, 0.25) is 0 Å². The molecule has 1 fully saturated rings. The first-order valence-electron chi connectivity index (χ1n) is 14.7. The second-order valence-corrected chi connectivity index (χ2v) is 12.2. The van der Waals surface area contributed by atoms with E-state index in [0.29, 0.717) is 27.3 Å². The topological polar surface area (TPSA) is 120 Å². The highest BCUT2D eigenvalue weighted by molar-refractivity contribution is 7.22. The summed E-state index contributed by atoms with van der Waals surface area (Å²) in [5, 5.41) is 17.2. The van der Waals surface area contributed by atoms with E-state index in [9.17, 15) is 27.6 Å². The van der Waals surface area contributed by atoms with Crippen molar-refractivity contribution in [2.75, 3.05) is 11.9 Å². The van der Waals surface area contributed by atoms with Crippen LogP contribution in [0.5, 0.6) is 0 Å². The molecule has 0 saturated heterocycles. The average molecular weight is 639 g/mol. The number of anilines is 1. The highest BCUT2D eigenvalue weighted by atomic mass is 32.1. The summed E-state index contributed by atoms with van der Waals surface area (Å²) >= 11 is 1.09. The van der Waals surface area contributed by atoms with Crippen LogP contribution >= 0.6 is 11.3 Å². The summed E-state index contributed by atoms with van der Waals surface area (Å²) in [5.74, 6) is -0.928. The van der Waals surface area contributed by atoms with Crippen molar-refractivity contribution in [3.8, 4) is 0 Å². The van der Waals surface area contributed by atoms with Crippen LogP contribution in [0.15, 0.2) is 60.7 Å². The van der Waals surface area contributed by atoms with E-state index in [1.165, 1.54) is 24.8 Å². The lowest BCUT2D eigenvalue weighted by Crippen LogP contribution is -2.33. The third kappa shape index (κ3) is 7.99. The van der Waals surface area contributed by atoms with Crippen LogP contribution in [-0.2, 0) is 11.0 Å². The van der Waals surface area contributed by atoms with Gasteiger partial charge in [0.1, 0.15) is 0 Å². The first-order valence-corrected chi connectivity index (χ1v) is 15.6. The fourth-order valence-corrected chi connectivity index (χ4v) is 6.56. The molecule has 1 aliphatic carbocycles. The number of carbonyl (C=O) groups is 3. The minimum Gasteiger partial charge on any atom is -0.481 e. The number of benzene rings is 3. The van der Waals surface area contributed by atoms with Gasteiger partial charge in [0.15, 0.2) is 5.13 Å². The number of rotatable bonds is 9. The van der Waals surface area contributed by atoms with Gasteiger partial charge in [0, 0.05) is 12.1 Å². The molecule has 1 atom stereocenters. The maximum atomic E-state index is 13.3. The molecule has 45 heavy (non-hydrogen) atoms. The fourth-order valence-electron chi connectivity index (χ4n) is 5.65. The van der Waals surface area contributed by atoms with E-state index in [1.807, 2.05) is 12.1 Å². The van der Waals surface area contributed by atoms with Gasteiger partial charge in [-0.2, -0.15) is 13.2 Å². The molecule has 3 aromatic carbocycles. The van der Waals surface area contributed by atoms with Gasteiger partial charge in [-0.15, -0.1) is 0 Å². The van der Waals surface area contributed by atoms with E-state index in [1.54, 1.807) is 31.2 Å². The number of aromatic nitrogens is 1. The summed E-state index contributed by atoms with van der Waals surface area (Å²) < 4.78 is 40.5. The van der Waals surface area contributed by atoms with Crippen LogP contribution in [0, 0.1) is 6.92 Å². The number of nitrogens with zero attached hydrogens (tertiary/aromatic N) is 1. The number of hydrogen-bond acceptors (Lipinski definition) is 5. The molecule has 4 N–H and O–H groups in total. The van der Waals surface area contributed by atoms with Gasteiger partial charge in [-0.3, -0.25) is 14.9 Å². The zero-order valence-corrected chi connectivity index (χ0v) is 25.4. The summed E-state index contributed by atoms with van der Waals surface area (Å²) in [6.45, 7) is 1.57. The number of carbonyl (C=O) groups excluding carboxylic acids is 2. The smallest absolute Gasteiger partial charge is 0.416 e. The van der Waals surface area contributed by atoms with Crippen LogP contribution in [-0.4, -0.2) is 34.5 Å². The Morgan fingerprint density at radius 1 is 0.978 bits per heavy atom. The lowest BCUT2D eigenvalue weighted by molar-refractivity contribution is -0.138. The van der Waals surface area contributed by atoms with Crippen LogP contribution in [0.4, 0.5) is 23.1 Å². The molecule has 0 aliphatic heterocycles. The number of urea groups is 1. The van der Waals surface area contributed by atoms with E-state index in [0.717, 1.165) is 41.9 Å². The Hall–Kier alpha value is -4.45. The standard InChI is InChI=1S/C33H33F3N4O4S/c1-19-17-25(33(34,35)36)18-26-29(19)45-32(38-26)40-31(44)39-28(22-9-7-21(8-10-22)20-5-3-2-4-6-20)23-11-13-24(14-12-23)30(43)37-16-15-27(41)42/h7-14,17-18,20,28H,2-6,15-16H2,1H3,(H,37,43)(H,41,42)(H2,38,39,40,44). The van der Waals surface area contributed by atoms with Gasteiger partial charge in [0.25, 0.3) is 5.91 Å². The summed E-state index contributed by atoms with van der Waals surface area (Å²) in [4.78, 5) is 40.7. The number of nitrogens with one attached hydrogen (secondary N) is 3. The number of fused-ring (bicyclic) bond motifs is 1. The minimum atomic E-state index is -4.51. The van der Waals surface area contributed by atoms with E-state index >= 15 is 0 Å². The van der Waals surface area contributed by atoms with Crippen molar-refractivity contribution in [2.45, 2.75) is 63.6 Å². The Labute approximate surface area is 262 Å². The second-order valence-electron chi connectivity index (χ2n) is 11.2. The summed E-state index contributed by atoms with van der Waals surface area (Å²) in [7, 11) is 0. The number of alkyl halides is 3. The number of aryl methyl sites for hydroxylation is 1. The second kappa shape index (κ2) is 13.7. The molecule has 0 bridgehead atoms. The number of carboxylic acid groups (broad SMARTS) is 1. The maximum absolute atomic E-state index is 13.3. The Morgan fingerprint density at radius 3 is 2.24 bits per heavy atom. The minimum absolute atomic E-state index is 0.00355. The molecule has 1 aromatic heterocycles. The van der Waals surface area contributed by atoms with Crippen molar-refractivity contribution >= 4 is 44.6 Å². The molecule has 5 rings (SSSR count). The molecule has 1 aliphatic rings. The third-order valence-corrected chi connectivity index (χ3v) is 9.10. The lowest BCUT2D eigenvalue weighted by atomic mass is 9.83. The molecule has 4 aromatic rings. The Kier molecular flexibility index (Phi) is 9.71. The average Bonchev–Trinajstić information content (AvgIpc) is 3.43. The molecule has 8 nitrogen and oxygen atoms in total. The molecule has 1 saturated carbocycles. The number of thiazole rings is 1. The summed E-state index contributed by atoms with van der Waals surface area (Å²) in [5.41, 5.74) is 2.83. The molecule has 236 valence electrons. The molecule has 12 heteroatoms. The quantitative estimate of drug-likeness (QED) is 0.149. The van der Waals surface area contributed by atoms with Crippen molar-refractivity contribution in [2.24, 2.45) is 0 Å².